The average Bonchev–Trinajstić information content (AvgIpc) is 2.39. The number of rotatable bonds is 2. The first kappa shape index (κ1) is 13.1. The van der Waals surface area contributed by atoms with Gasteiger partial charge in [0.15, 0.2) is 5.75 Å². The zero-order valence-corrected chi connectivity index (χ0v) is 11.3. The van der Waals surface area contributed by atoms with Crippen LogP contribution in [-0.4, -0.2) is 4.98 Å². The molecule has 0 radical (unpaired) electrons. The molecule has 0 N–H and O–H groups in total. The third kappa shape index (κ3) is 2.92. The number of hydrogen-bond acceptors (Lipinski definition) is 3. The summed E-state index contributed by atoms with van der Waals surface area (Å²) in [5, 5.41) is 9.07. The minimum absolute atomic E-state index is 0.0222. The molecule has 0 bridgehead atoms. The van der Waals surface area contributed by atoms with Gasteiger partial charge in [-0.3, -0.25) is 4.98 Å². The van der Waals surface area contributed by atoms with E-state index in [2.05, 4.69) is 31.8 Å². The topological polar surface area (TPSA) is 45.9 Å². The standard InChI is InChI=1S/C16H16N2O/c1-16(2,3)13-6-4-5-7-14(13)19-15-11-18-9-8-12(15)10-17/h4-9,11H,1-3H3. The van der Waals surface area contributed by atoms with Crippen LogP contribution < -0.4 is 4.74 Å². The van der Waals surface area contributed by atoms with Crippen molar-refractivity contribution in [2.24, 2.45) is 0 Å². The molecule has 1 aromatic carbocycles. The smallest absolute Gasteiger partial charge is 0.163 e. The molecule has 0 amide bonds. The van der Waals surface area contributed by atoms with Crippen LogP contribution in [0.15, 0.2) is 42.7 Å². The van der Waals surface area contributed by atoms with Crippen LogP contribution in [-0.2, 0) is 5.41 Å². The lowest BCUT2D eigenvalue weighted by molar-refractivity contribution is 0.452. The Labute approximate surface area is 113 Å². The van der Waals surface area contributed by atoms with Crippen molar-refractivity contribution < 1.29 is 4.74 Å². The normalized spacial score (nSPS) is 10.8. The summed E-state index contributed by atoms with van der Waals surface area (Å²) in [5.41, 5.74) is 1.56. The van der Waals surface area contributed by atoms with Crippen LogP contribution in [0.3, 0.4) is 0 Å². The summed E-state index contributed by atoms with van der Waals surface area (Å²) in [7, 11) is 0. The SMILES string of the molecule is CC(C)(C)c1ccccc1Oc1cnccc1C#N. The van der Waals surface area contributed by atoms with Gasteiger partial charge in [-0.25, -0.2) is 0 Å². The first-order valence-corrected chi connectivity index (χ1v) is 6.14. The molecule has 0 aliphatic carbocycles. The van der Waals surface area contributed by atoms with Crippen molar-refractivity contribution in [2.45, 2.75) is 26.2 Å². The van der Waals surface area contributed by atoms with E-state index in [0.29, 0.717) is 11.3 Å². The number of aromatic nitrogens is 1. The van der Waals surface area contributed by atoms with Crippen molar-refractivity contribution in [3.63, 3.8) is 0 Å². The van der Waals surface area contributed by atoms with Gasteiger partial charge in [-0.05, 0) is 17.5 Å². The van der Waals surface area contributed by atoms with Gasteiger partial charge in [0.05, 0.1) is 11.8 Å². The summed E-state index contributed by atoms with van der Waals surface area (Å²) in [6.45, 7) is 6.39. The Morgan fingerprint density at radius 2 is 1.84 bits per heavy atom. The molecule has 0 aliphatic rings. The summed E-state index contributed by atoms with van der Waals surface area (Å²) in [6.07, 6.45) is 3.15. The summed E-state index contributed by atoms with van der Waals surface area (Å²) >= 11 is 0. The summed E-state index contributed by atoms with van der Waals surface area (Å²) < 4.78 is 5.87. The molecular formula is C16H16N2O. The monoisotopic (exact) mass is 252 g/mol. The van der Waals surface area contributed by atoms with Crippen LogP contribution >= 0.6 is 0 Å². The second-order valence-corrected chi connectivity index (χ2v) is 5.33. The molecule has 2 rings (SSSR count). The van der Waals surface area contributed by atoms with Crippen molar-refractivity contribution in [1.29, 1.82) is 5.26 Å². The van der Waals surface area contributed by atoms with E-state index in [1.165, 1.54) is 0 Å². The number of para-hydroxylation sites is 1. The quantitative estimate of drug-likeness (QED) is 0.810. The van der Waals surface area contributed by atoms with E-state index in [1.54, 1.807) is 18.5 Å². The summed E-state index contributed by atoms with van der Waals surface area (Å²) in [4.78, 5) is 4.01. The molecular weight excluding hydrogens is 236 g/mol. The fourth-order valence-electron chi connectivity index (χ4n) is 1.85. The molecule has 96 valence electrons. The largest absolute Gasteiger partial charge is 0.454 e. The maximum Gasteiger partial charge on any atom is 0.163 e. The van der Waals surface area contributed by atoms with Crippen LogP contribution in [0, 0.1) is 11.3 Å². The van der Waals surface area contributed by atoms with Gasteiger partial charge < -0.3 is 4.74 Å². The highest BCUT2D eigenvalue weighted by atomic mass is 16.5. The lowest BCUT2D eigenvalue weighted by Gasteiger charge is -2.22. The van der Waals surface area contributed by atoms with Crippen LogP contribution in [0.25, 0.3) is 0 Å². The predicted molar refractivity (Wildman–Crippen MR) is 74.2 cm³/mol. The van der Waals surface area contributed by atoms with Gasteiger partial charge in [0.2, 0.25) is 0 Å². The highest BCUT2D eigenvalue weighted by molar-refractivity contribution is 5.46. The zero-order valence-electron chi connectivity index (χ0n) is 11.3. The Balaban J connectivity index is 2.43. The van der Waals surface area contributed by atoms with E-state index in [0.717, 1.165) is 11.3 Å². The van der Waals surface area contributed by atoms with E-state index in [4.69, 9.17) is 10.00 Å². The van der Waals surface area contributed by atoms with Crippen molar-refractivity contribution in [2.75, 3.05) is 0 Å². The molecule has 3 nitrogen and oxygen atoms in total. The molecule has 0 atom stereocenters. The van der Waals surface area contributed by atoms with Crippen LogP contribution in [0.5, 0.6) is 11.5 Å². The molecule has 1 heterocycles. The molecule has 19 heavy (non-hydrogen) atoms. The van der Waals surface area contributed by atoms with Gasteiger partial charge in [0.25, 0.3) is 0 Å². The van der Waals surface area contributed by atoms with Gasteiger partial charge in [-0.1, -0.05) is 39.0 Å². The van der Waals surface area contributed by atoms with Crippen molar-refractivity contribution in [3.05, 3.63) is 53.9 Å². The first-order valence-electron chi connectivity index (χ1n) is 6.14. The zero-order chi connectivity index (χ0) is 13.9. The first-order chi connectivity index (χ1) is 9.02. The molecule has 0 unspecified atom stereocenters. The van der Waals surface area contributed by atoms with Gasteiger partial charge in [0, 0.05) is 11.8 Å². The average molecular weight is 252 g/mol. The lowest BCUT2D eigenvalue weighted by Crippen LogP contribution is -2.12. The third-order valence-electron chi connectivity index (χ3n) is 2.82. The Bertz CT molecular complexity index is 621. The molecule has 0 aliphatic heterocycles. The molecule has 1 aromatic heterocycles. The van der Waals surface area contributed by atoms with Crippen LogP contribution in [0.2, 0.25) is 0 Å². The highest BCUT2D eigenvalue weighted by Gasteiger charge is 2.19. The number of nitriles is 1. The molecule has 2 aromatic rings. The van der Waals surface area contributed by atoms with E-state index >= 15 is 0 Å². The highest BCUT2D eigenvalue weighted by Crippen LogP contribution is 2.34. The fourth-order valence-corrected chi connectivity index (χ4v) is 1.85. The van der Waals surface area contributed by atoms with E-state index in [1.807, 2.05) is 24.3 Å². The van der Waals surface area contributed by atoms with Crippen molar-refractivity contribution >= 4 is 0 Å². The van der Waals surface area contributed by atoms with E-state index in [9.17, 15) is 0 Å². The molecule has 0 saturated carbocycles. The van der Waals surface area contributed by atoms with Crippen LogP contribution in [0.1, 0.15) is 31.9 Å². The maximum absolute atomic E-state index is 9.07. The minimum atomic E-state index is -0.0222. The van der Waals surface area contributed by atoms with Crippen molar-refractivity contribution in [1.82, 2.24) is 4.98 Å². The number of hydrogen-bond donors (Lipinski definition) is 0. The number of nitrogens with zero attached hydrogens (tertiary/aromatic N) is 2. The molecule has 3 heteroatoms. The van der Waals surface area contributed by atoms with Crippen molar-refractivity contribution in [3.8, 4) is 17.6 Å². The predicted octanol–water partition coefficient (Wildman–Crippen LogP) is 4.04. The van der Waals surface area contributed by atoms with Crippen LogP contribution in [0.4, 0.5) is 0 Å². The third-order valence-corrected chi connectivity index (χ3v) is 2.82. The van der Waals surface area contributed by atoms with Gasteiger partial charge in [-0.2, -0.15) is 5.26 Å². The number of pyridine rings is 1. The Kier molecular flexibility index (Phi) is 3.52. The number of benzene rings is 1. The second kappa shape index (κ2) is 5.11. The maximum atomic E-state index is 9.07. The number of ether oxygens (including phenoxy) is 1. The molecule has 0 fully saturated rings. The summed E-state index contributed by atoms with van der Waals surface area (Å²) in [5.74, 6) is 1.25. The Morgan fingerprint density at radius 1 is 1.11 bits per heavy atom. The Hall–Kier alpha value is -2.34. The van der Waals surface area contributed by atoms with E-state index < -0.39 is 0 Å². The minimum Gasteiger partial charge on any atom is -0.454 e. The molecule has 0 saturated heterocycles. The van der Waals surface area contributed by atoms with Gasteiger partial charge in [0.1, 0.15) is 11.8 Å². The fraction of sp³-hybridized carbons (Fsp3) is 0.250. The Morgan fingerprint density at radius 3 is 2.53 bits per heavy atom. The van der Waals surface area contributed by atoms with E-state index in [-0.39, 0.29) is 5.41 Å². The molecule has 0 spiro atoms. The summed E-state index contributed by atoms with van der Waals surface area (Å²) in [6, 6.07) is 11.6. The second-order valence-electron chi connectivity index (χ2n) is 5.33. The van der Waals surface area contributed by atoms with Gasteiger partial charge >= 0.3 is 0 Å². The lowest BCUT2D eigenvalue weighted by atomic mass is 9.86. The van der Waals surface area contributed by atoms with Gasteiger partial charge in [-0.15, -0.1) is 0 Å².